The van der Waals surface area contributed by atoms with Crippen molar-refractivity contribution in [2.75, 3.05) is 11.9 Å². The molecule has 1 fully saturated rings. The number of anilines is 1. The Labute approximate surface area is 222 Å². The van der Waals surface area contributed by atoms with Crippen molar-refractivity contribution in [3.05, 3.63) is 48.0 Å². The second-order valence-corrected chi connectivity index (χ2v) is 9.20. The second-order valence-electron chi connectivity index (χ2n) is 8.59. The summed E-state index contributed by atoms with van der Waals surface area (Å²) < 4.78 is 18.4. The van der Waals surface area contributed by atoms with Gasteiger partial charge in [-0.15, -0.1) is 0 Å². The van der Waals surface area contributed by atoms with Crippen molar-refractivity contribution in [3.63, 3.8) is 0 Å². The first-order chi connectivity index (χ1) is 18.4. The number of carbonyl (C=O) groups is 3. The van der Waals surface area contributed by atoms with Crippen molar-refractivity contribution >= 4 is 53.7 Å². The zero-order valence-electron chi connectivity index (χ0n) is 20.3. The largest absolute Gasteiger partial charge is 0.481 e. The molecule has 2 unspecified atom stereocenters. The van der Waals surface area contributed by atoms with Crippen molar-refractivity contribution in [1.29, 1.82) is 0 Å². The smallest absolute Gasteiger partial charge is 0.303 e. The van der Waals surface area contributed by atoms with Crippen molar-refractivity contribution in [2.24, 2.45) is 0 Å². The van der Waals surface area contributed by atoms with Gasteiger partial charge in [-0.05, 0) is 24.1 Å². The molecule has 1 aliphatic heterocycles. The van der Waals surface area contributed by atoms with Crippen LogP contribution in [0.2, 0.25) is 0 Å². The van der Waals surface area contributed by atoms with Crippen LogP contribution in [0.4, 0.5) is 5.82 Å². The number of carboxylic acid groups (broad SMARTS) is 1. The number of nitrogens with one attached hydrogen (secondary N) is 2. The van der Waals surface area contributed by atoms with Gasteiger partial charge in [0.05, 0.1) is 19.0 Å². The van der Waals surface area contributed by atoms with E-state index in [1.165, 1.54) is 6.33 Å². The number of hydrogen-bond donors (Lipinski definition) is 3. The van der Waals surface area contributed by atoms with Crippen molar-refractivity contribution in [3.8, 4) is 0 Å². The quantitative estimate of drug-likeness (QED) is 0.279. The molecular formula is C23H28N6O7P2. The third-order valence-electron chi connectivity index (χ3n) is 6.02. The lowest BCUT2D eigenvalue weighted by atomic mass is 10.1. The molecule has 1 aromatic carbocycles. The minimum absolute atomic E-state index is 0.0495. The molecule has 4 rings (SSSR count). The number of hydrogen-bond acceptors (Lipinski definition) is 9. The van der Waals surface area contributed by atoms with Gasteiger partial charge in [0.25, 0.3) is 5.91 Å². The van der Waals surface area contributed by atoms with E-state index in [4.69, 9.17) is 18.9 Å². The zero-order chi connectivity index (χ0) is 27.1. The molecule has 1 aliphatic rings. The number of aliphatic carboxylic acids is 1. The first kappa shape index (κ1) is 27.9. The first-order valence-electron chi connectivity index (χ1n) is 11.8. The van der Waals surface area contributed by atoms with Gasteiger partial charge in [0.15, 0.2) is 17.0 Å². The van der Waals surface area contributed by atoms with Crippen LogP contribution in [0.1, 0.15) is 47.8 Å². The van der Waals surface area contributed by atoms with Crippen molar-refractivity contribution < 1.29 is 33.3 Å². The minimum atomic E-state index is -0.930. The summed E-state index contributed by atoms with van der Waals surface area (Å²) in [5.74, 6) is -1.28. The summed E-state index contributed by atoms with van der Waals surface area (Å²) in [6.45, 7) is 0.620. The Morgan fingerprint density at radius 2 is 1.92 bits per heavy atom. The highest BCUT2D eigenvalue weighted by molar-refractivity contribution is 7.10. The number of amides is 2. The van der Waals surface area contributed by atoms with E-state index < -0.39 is 5.97 Å². The molecule has 3 aromatic rings. The minimum Gasteiger partial charge on any atom is -0.481 e. The van der Waals surface area contributed by atoms with Crippen LogP contribution in [-0.2, 0) is 29.9 Å². The van der Waals surface area contributed by atoms with Crippen LogP contribution in [0.15, 0.2) is 36.9 Å². The Morgan fingerprint density at radius 1 is 1.13 bits per heavy atom. The Bertz CT molecular complexity index is 1290. The van der Waals surface area contributed by atoms with E-state index in [2.05, 4.69) is 44.5 Å². The number of nitrogens with zero attached hydrogens (tertiary/aromatic N) is 4. The Hall–Kier alpha value is -3.08. The fourth-order valence-corrected chi connectivity index (χ4v) is 4.53. The maximum absolute atomic E-state index is 12.9. The van der Waals surface area contributed by atoms with Crippen LogP contribution in [0, 0.1) is 0 Å². The van der Waals surface area contributed by atoms with Crippen molar-refractivity contribution in [2.45, 2.75) is 50.7 Å². The number of ether oxygens (including phenoxy) is 1. The lowest BCUT2D eigenvalue weighted by molar-refractivity contribution is -0.137. The molecule has 2 aromatic heterocycles. The third-order valence-corrected chi connectivity index (χ3v) is 6.56. The fourth-order valence-electron chi connectivity index (χ4n) is 4.06. The number of imidazole rings is 1. The van der Waals surface area contributed by atoms with Crippen LogP contribution >= 0.6 is 18.9 Å². The average molecular weight is 562 g/mol. The van der Waals surface area contributed by atoms with Gasteiger partial charge in [-0.3, -0.25) is 19.0 Å². The van der Waals surface area contributed by atoms with Gasteiger partial charge in [0, 0.05) is 50.3 Å². The number of aromatic nitrogens is 4. The second kappa shape index (κ2) is 13.1. The molecule has 202 valence electrons. The van der Waals surface area contributed by atoms with E-state index in [-0.39, 0.29) is 61.9 Å². The maximum Gasteiger partial charge on any atom is 0.303 e. The highest BCUT2D eigenvalue weighted by Crippen LogP contribution is 2.34. The van der Waals surface area contributed by atoms with Crippen LogP contribution in [0.25, 0.3) is 11.2 Å². The molecule has 5 atom stereocenters. The molecule has 2 amide bonds. The summed E-state index contributed by atoms with van der Waals surface area (Å²) in [7, 11) is 4.46. The third kappa shape index (κ3) is 6.86. The number of rotatable bonds is 12. The van der Waals surface area contributed by atoms with Gasteiger partial charge in [-0.1, -0.05) is 12.1 Å². The molecule has 0 radical (unpaired) electrons. The number of fused-ring (bicyclic) bond motifs is 1. The molecule has 1 saturated heterocycles. The molecule has 0 saturated carbocycles. The summed E-state index contributed by atoms with van der Waals surface area (Å²) in [5, 5.41) is 14.2. The van der Waals surface area contributed by atoms with E-state index in [9.17, 15) is 14.4 Å². The Morgan fingerprint density at radius 3 is 2.63 bits per heavy atom. The molecule has 0 bridgehead atoms. The summed E-state index contributed by atoms with van der Waals surface area (Å²) in [5.41, 5.74) is 2.11. The predicted octanol–water partition coefficient (Wildman–Crippen LogP) is 2.22. The summed E-state index contributed by atoms with van der Waals surface area (Å²) >= 11 is 0. The normalized spacial score (nSPS) is 18.9. The number of carbonyl (C=O) groups excluding carboxylic acids is 2. The van der Waals surface area contributed by atoms with Gasteiger partial charge < -0.3 is 29.5 Å². The van der Waals surface area contributed by atoms with E-state index in [1.54, 1.807) is 35.2 Å². The maximum atomic E-state index is 12.9. The highest BCUT2D eigenvalue weighted by atomic mass is 31.0. The van der Waals surface area contributed by atoms with Gasteiger partial charge >= 0.3 is 5.97 Å². The Kier molecular flexibility index (Phi) is 9.65. The van der Waals surface area contributed by atoms with Crippen LogP contribution in [-0.4, -0.2) is 61.2 Å². The highest BCUT2D eigenvalue weighted by Gasteiger charge is 2.37. The SMILES string of the molecule is O=C(O)CCCC(=O)NCc1ccc(C(=O)Nc2ncnc3c2ncn3[C@H]2C[C@@H](OP)[C@@H](COP)O2)cc1. The van der Waals surface area contributed by atoms with E-state index >= 15 is 0 Å². The number of benzene rings is 1. The zero-order valence-corrected chi connectivity index (χ0v) is 22.6. The van der Waals surface area contributed by atoms with Crippen LogP contribution < -0.4 is 10.6 Å². The van der Waals surface area contributed by atoms with Crippen LogP contribution in [0.3, 0.4) is 0 Å². The van der Waals surface area contributed by atoms with E-state index in [0.29, 0.717) is 29.8 Å². The Balaban J connectivity index is 1.38. The molecule has 3 heterocycles. The standard InChI is InChI=1S/C23H28N6O7P2/c30-17(2-1-3-19(31)32)24-9-13-4-6-14(7-5-13)23(33)28-21-20-22(26-11-25-21)29(12-27-20)18-8-15(36-38)16(35-18)10-34-37/h4-7,11-12,15-16,18H,1-3,8-10,37-38H2,(H,24,30)(H,31,32)(H,25,26,28,33)/t15-,16-,18-/m1/s1. The number of carboxylic acids is 1. The topological polar surface area (TPSA) is 167 Å². The van der Waals surface area contributed by atoms with Gasteiger partial charge in [0.1, 0.15) is 18.7 Å². The molecule has 3 N–H and O–H groups in total. The molecule has 38 heavy (non-hydrogen) atoms. The van der Waals surface area contributed by atoms with E-state index in [0.717, 1.165) is 5.56 Å². The van der Waals surface area contributed by atoms with Crippen LogP contribution in [0.5, 0.6) is 0 Å². The summed E-state index contributed by atoms with van der Waals surface area (Å²) in [6, 6.07) is 6.74. The first-order valence-corrected chi connectivity index (χ1v) is 12.7. The molecule has 0 aliphatic carbocycles. The molecular weight excluding hydrogens is 534 g/mol. The lowest BCUT2D eigenvalue weighted by Gasteiger charge is -2.15. The molecule has 0 spiro atoms. The van der Waals surface area contributed by atoms with Gasteiger partial charge in [0.2, 0.25) is 5.91 Å². The summed E-state index contributed by atoms with van der Waals surface area (Å²) in [4.78, 5) is 48.2. The summed E-state index contributed by atoms with van der Waals surface area (Å²) in [6.07, 6.45) is 3.05. The average Bonchev–Trinajstić information content (AvgIpc) is 3.52. The monoisotopic (exact) mass is 562 g/mol. The lowest BCUT2D eigenvalue weighted by Crippen LogP contribution is -2.25. The molecule has 15 heteroatoms. The predicted molar refractivity (Wildman–Crippen MR) is 142 cm³/mol. The molecule has 13 nitrogen and oxygen atoms in total. The van der Waals surface area contributed by atoms with Gasteiger partial charge in [-0.25, -0.2) is 15.0 Å². The fraction of sp³-hybridized carbons (Fsp3) is 0.391. The van der Waals surface area contributed by atoms with Crippen molar-refractivity contribution in [1.82, 2.24) is 24.8 Å². The van der Waals surface area contributed by atoms with E-state index in [1.807, 2.05) is 0 Å². The van der Waals surface area contributed by atoms with Gasteiger partial charge in [-0.2, -0.15) is 0 Å².